The minimum absolute atomic E-state index is 0.114. The third-order valence-electron chi connectivity index (χ3n) is 5.95. The standard InChI is InChI=1S/C25H26F3N5O2/c1-18-16-22(34)23(30-33(18)21-9-5-6-19(17-21)25(26,27)28)24(35)29-10-11-31-12-14-32(15-13-31)20-7-3-2-4-8-20/h2-9,16-17H,10-15H2,1H3,(H,29,35). The summed E-state index contributed by atoms with van der Waals surface area (Å²) in [5, 5.41) is 6.79. The minimum Gasteiger partial charge on any atom is -0.369 e. The van der Waals surface area contributed by atoms with Crippen molar-refractivity contribution in [3.63, 3.8) is 0 Å². The molecular weight excluding hydrogens is 459 g/mol. The summed E-state index contributed by atoms with van der Waals surface area (Å²) >= 11 is 0. The van der Waals surface area contributed by atoms with Gasteiger partial charge in [-0.1, -0.05) is 24.3 Å². The highest BCUT2D eigenvalue weighted by Crippen LogP contribution is 2.30. The molecule has 1 saturated heterocycles. The predicted molar refractivity (Wildman–Crippen MR) is 127 cm³/mol. The van der Waals surface area contributed by atoms with Gasteiger partial charge in [0.05, 0.1) is 11.3 Å². The lowest BCUT2D eigenvalue weighted by molar-refractivity contribution is -0.137. The summed E-state index contributed by atoms with van der Waals surface area (Å²) in [6.45, 7) is 5.92. The van der Waals surface area contributed by atoms with Crippen molar-refractivity contribution in [1.82, 2.24) is 20.0 Å². The first-order valence-corrected chi connectivity index (χ1v) is 11.3. The van der Waals surface area contributed by atoms with E-state index in [0.29, 0.717) is 18.8 Å². The number of benzene rings is 2. The van der Waals surface area contributed by atoms with Crippen LogP contribution >= 0.6 is 0 Å². The molecule has 1 fully saturated rings. The van der Waals surface area contributed by atoms with Crippen LogP contribution in [0.15, 0.2) is 65.5 Å². The van der Waals surface area contributed by atoms with Gasteiger partial charge in [0.15, 0.2) is 5.69 Å². The number of alkyl halides is 3. The van der Waals surface area contributed by atoms with Crippen molar-refractivity contribution >= 4 is 11.6 Å². The molecule has 1 amide bonds. The number of aromatic nitrogens is 2. The molecule has 7 nitrogen and oxygen atoms in total. The number of piperazine rings is 1. The van der Waals surface area contributed by atoms with Crippen molar-refractivity contribution in [3.8, 4) is 5.69 Å². The number of hydrogen-bond acceptors (Lipinski definition) is 5. The highest BCUT2D eigenvalue weighted by atomic mass is 19.4. The highest BCUT2D eigenvalue weighted by molar-refractivity contribution is 5.92. The molecule has 1 N–H and O–H groups in total. The van der Waals surface area contributed by atoms with E-state index in [1.54, 1.807) is 6.92 Å². The maximum Gasteiger partial charge on any atom is 0.416 e. The van der Waals surface area contributed by atoms with Crippen molar-refractivity contribution in [1.29, 1.82) is 0 Å². The lowest BCUT2D eigenvalue weighted by Crippen LogP contribution is -2.48. The van der Waals surface area contributed by atoms with Crippen LogP contribution in [0.3, 0.4) is 0 Å². The first-order valence-electron chi connectivity index (χ1n) is 11.3. The van der Waals surface area contributed by atoms with E-state index in [-0.39, 0.29) is 11.4 Å². The molecule has 10 heteroatoms. The predicted octanol–water partition coefficient (Wildman–Crippen LogP) is 3.11. The Morgan fingerprint density at radius 3 is 2.34 bits per heavy atom. The summed E-state index contributed by atoms with van der Waals surface area (Å²) in [6.07, 6.45) is -4.52. The van der Waals surface area contributed by atoms with E-state index in [4.69, 9.17) is 0 Å². The summed E-state index contributed by atoms with van der Waals surface area (Å²) in [5.41, 5.74) is -0.164. The van der Waals surface area contributed by atoms with Gasteiger partial charge < -0.3 is 10.2 Å². The summed E-state index contributed by atoms with van der Waals surface area (Å²) in [5.74, 6) is -0.654. The Bertz CT molecular complexity index is 1240. The van der Waals surface area contributed by atoms with Gasteiger partial charge in [-0.15, -0.1) is 0 Å². The normalized spacial score (nSPS) is 14.7. The lowest BCUT2D eigenvalue weighted by Gasteiger charge is -2.36. The molecule has 184 valence electrons. The van der Waals surface area contributed by atoms with Gasteiger partial charge in [0.25, 0.3) is 5.91 Å². The number of para-hydroxylation sites is 1. The van der Waals surface area contributed by atoms with Crippen LogP contribution < -0.4 is 15.6 Å². The molecule has 35 heavy (non-hydrogen) atoms. The van der Waals surface area contributed by atoms with Crippen molar-refractivity contribution in [2.45, 2.75) is 13.1 Å². The molecule has 0 spiro atoms. The maximum absolute atomic E-state index is 13.1. The Morgan fingerprint density at radius 2 is 1.66 bits per heavy atom. The molecular formula is C25H26F3N5O2. The minimum atomic E-state index is -4.52. The molecule has 1 aliphatic rings. The first kappa shape index (κ1) is 24.5. The third-order valence-corrected chi connectivity index (χ3v) is 5.95. The molecule has 4 rings (SSSR count). The Hall–Kier alpha value is -3.66. The van der Waals surface area contributed by atoms with E-state index in [1.165, 1.54) is 28.6 Å². The van der Waals surface area contributed by atoms with Crippen LogP contribution in [-0.4, -0.2) is 59.9 Å². The second-order valence-corrected chi connectivity index (χ2v) is 8.38. The maximum atomic E-state index is 13.1. The van der Waals surface area contributed by atoms with Gasteiger partial charge in [0, 0.05) is 56.7 Å². The summed E-state index contributed by atoms with van der Waals surface area (Å²) in [4.78, 5) is 29.6. The monoisotopic (exact) mass is 485 g/mol. The zero-order valence-corrected chi connectivity index (χ0v) is 19.3. The molecule has 2 aromatic carbocycles. The van der Waals surface area contributed by atoms with E-state index in [9.17, 15) is 22.8 Å². The number of aryl methyl sites for hydroxylation is 1. The van der Waals surface area contributed by atoms with Crippen LogP contribution in [-0.2, 0) is 6.18 Å². The lowest BCUT2D eigenvalue weighted by atomic mass is 10.2. The Kier molecular flexibility index (Phi) is 7.20. The number of hydrogen-bond donors (Lipinski definition) is 1. The zero-order chi connectivity index (χ0) is 25.0. The van der Waals surface area contributed by atoms with Crippen molar-refractivity contribution in [2.24, 2.45) is 0 Å². The number of rotatable bonds is 6. The van der Waals surface area contributed by atoms with E-state index in [1.807, 2.05) is 18.2 Å². The number of anilines is 1. The molecule has 0 atom stereocenters. The quantitative estimate of drug-likeness (QED) is 0.581. The zero-order valence-electron chi connectivity index (χ0n) is 19.3. The molecule has 1 aliphatic heterocycles. The fraction of sp³-hybridized carbons (Fsp3) is 0.320. The summed E-state index contributed by atoms with van der Waals surface area (Å²) in [7, 11) is 0. The average Bonchev–Trinajstić information content (AvgIpc) is 2.84. The van der Waals surface area contributed by atoms with Crippen LogP contribution in [0.5, 0.6) is 0 Å². The number of carbonyl (C=O) groups is 1. The van der Waals surface area contributed by atoms with Crippen molar-refractivity contribution in [2.75, 3.05) is 44.2 Å². The third kappa shape index (κ3) is 5.89. The number of halogens is 3. The van der Waals surface area contributed by atoms with Gasteiger partial charge in [0.1, 0.15) is 0 Å². The van der Waals surface area contributed by atoms with Gasteiger partial charge in [-0.2, -0.15) is 18.3 Å². The summed E-state index contributed by atoms with van der Waals surface area (Å²) in [6, 6.07) is 16.0. The number of amides is 1. The molecule has 0 unspecified atom stereocenters. The average molecular weight is 486 g/mol. The summed E-state index contributed by atoms with van der Waals surface area (Å²) < 4.78 is 40.5. The first-order chi connectivity index (χ1) is 16.7. The van der Waals surface area contributed by atoms with Gasteiger partial charge in [-0.3, -0.25) is 14.5 Å². The molecule has 3 aromatic rings. The van der Waals surface area contributed by atoms with Crippen molar-refractivity contribution in [3.05, 3.63) is 87.8 Å². The number of nitrogens with one attached hydrogen (secondary N) is 1. The van der Waals surface area contributed by atoms with Gasteiger partial charge >= 0.3 is 6.18 Å². The van der Waals surface area contributed by atoms with Crippen molar-refractivity contribution < 1.29 is 18.0 Å². The largest absolute Gasteiger partial charge is 0.416 e. The topological polar surface area (TPSA) is 70.5 Å². The van der Waals surface area contributed by atoms with E-state index in [0.717, 1.165) is 38.3 Å². The molecule has 0 saturated carbocycles. The smallest absolute Gasteiger partial charge is 0.369 e. The molecule has 1 aromatic heterocycles. The second kappa shape index (κ2) is 10.3. The fourth-order valence-electron chi connectivity index (χ4n) is 4.06. The van der Waals surface area contributed by atoms with Gasteiger partial charge in [0.2, 0.25) is 5.43 Å². The Morgan fingerprint density at radius 1 is 0.971 bits per heavy atom. The second-order valence-electron chi connectivity index (χ2n) is 8.38. The van der Waals surface area contributed by atoms with Gasteiger partial charge in [-0.05, 0) is 37.3 Å². The van der Waals surface area contributed by atoms with Crippen LogP contribution in [0, 0.1) is 6.92 Å². The highest BCUT2D eigenvalue weighted by Gasteiger charge is 2.30. The number of nitrogens with zero attached hydrogens (tertiary/aromatic N) is 4. The van der Waals surface area contributed by atoms with Crippen LogP contribution in [0.2, 0.25) is 0 Å². The molecule has 0 aliphatic carbocycles. The van der Waals surface area contributed by atoms with Crippen LogP contribution in [0.25, 0.3) is 5.69 Å². The van der Waals surface area contributed by atoms with Crippen LogP contribution in [0.1, 0.15) is 21.7 Å². The molecule has 0 bridgehead atoms. The molecule has 0 radical (unpaired) electrons. The fourth-order valence-corrected chi connectivity index (χ4v) is 4.06. The molecule has 2 heterocycles. The Balaban J connectivity index is 1.37. The van der Waals surface area contributed by atoms with Gasteiger partial charge in [-0.25, -0.2) is 4.68 Å². The number of carbonyl (C=O) groups excluding carboxylic acids is 1. The van der Waals surface area contributed by atoms with E-state index >= 15 is 0 Å². The van der Waals surface area contributed by atoms with E-state index in [2.05, 4.69) is 32.3 Å². The Labute approximate surface area is 200 Å². The van der Waals surface area contributed by atoms with E-state index < -0.39 is 23.1 Å². The SMILES string of the molecule is Cc1cc(=O)c(C(=O)NCCN2CCN(c3ccccc3)CC2)nn1-c1cccc(C(F)(F)F)c1. The van der Waals surface area contributed by atoms with Crippen LogP contribution in [0.4, 0.5) is 18.9 Å².